The molecule has 0 aromatic heterocycles. The van der Waals surface area contributed by atoms with E-state index in [1.165, 1.54) is 18.5 Å². The maximum atomic E-state index is 5.76. The van der Waals surface area contributed by atoms with Crippen LogP contribution in [0.1, 0.15) is 25.3 Å². The maximum Gasteiger partial charge on any atom is 0.161 e. The van der Waals surface area contributed by atoms with Gasteiger partial charge in [-0.1, -0.05) is 13.0 Å². The zero-order valence-electron chi connectivity index (χ0n) is 11.7. The van der Waals surface area contributed by atoms with Crippen LogP contribution in [-0.2, 0) is 6.42 Å². The van der Waals surface area contributed by atoms with Crippen molar-refractivity contribution in [3.05, 3.63) is 23.8 Å². The first kappa shape index (κ1) is 12.8. The van der Waals surface area contributed by atoms with E-state index in [0.717, 1.165) is 55.9 Å². The first-order valence-electron chi connectivity index (χ1n) is 7.42. The minimum absolute atomic E-state index is 0.735. The lowest BCUT2D eigenvalue weighted by Gasteiger charge is -2.29. The van der Waals surface area contributed by atoms with Gasteiger partial charge in [-0.25, -0.2) is 0 Å². The molecule has 3 heteroatoms. The third-order valence-corrected chi connectivity index (χ3v) is 4.30. The molecule has 2 heterocycles. The molecule has 19 heavy (non-hydrogen) atoms. The lowest BCUT2D eigenvalue weighted by Crippen LogP contribution is -2.36. The molecule has 1 aromatic rings. The highest BCUT2D eigenvalue weighted by Crippen LogP contribution is 2.32. The van der Waals surface area contributed by atoms with Gasteiger partial charge in [0.2, 0.25) is 0 Å². The Hall–Kier alpha value is -1.22. The van der Waals surface area contributed by atoms with Crippen LogP contribution in [0.5, 0.6) is 11.5 Å². The summed E-state index contributed by atoms with van der Waals surface area (Å²) in [5.74, 6) is 3.36. The van der Waals surface area contributed by atoms with Crippen molar-refractivity contribution in [2.24, 2.45) is 11.8 Å². The van der Waals surface area contributed by atoms with Crippen molar-refractivity contribution < 1.29 is 9.47 Å². The summed E-state index contributed by atoms with van der Waals surface area (Å²) in [6.45, 7) is 6.19. The molecule has 2 atom stereocenters. The van der Waals surface area contributed by atoms with Gasteiger partial charge in [-0.05, 0) is 55.5 Å². The number of nitrogens with one attached hydrogen (secondary N) is 1. The summed E-state index contributed by atoms with van der Waals surface area (Å²) in [4.78, 5) is 0. The molecule has 3 nitrogen and oxygen atoms in total. The van der Waals surface area contributed by atoms with E-state index < -0.39 is 0 Å². The average Bonchev–Trinajstić information content (AvgIpc) is 2.66. The summed E-state index contributed by atoms with van der Waals surface area (Å²) in [5.41, 5.74) is 1.37. The Kier molecular flexibility index (Phi) is 3.92. The fourth-order valence-electron chi connectivity index (χ4n) is 2.96. The molecule has 0 saturated carbocycles. The lowest BCUT2D eigenvalue weighted by atomic mass is 9.83. The van der Waals surface area contributed by atoms with Gasteiger partial charge >= 0.3 is 0 Å². The summed E-state index contributed by atoms with van der Waals surface area (Å²) in [6.07, 6.45) is 3.38. The Bertz CT molecular complexity index is 433. The second-order valence-electron chi connectivity index (χ2n) is 5.77. The smallest absolute Gasteiger partial charge is 0.161 e. The largest absolute Gasteiger partial charge is 0.490 e. The number of piperidine rings is 1. The minimum Gasteiger partial charge on any atom is -0.490 e. The molecule has 1 aromatic carbocycles. The van der Waals surface area contributed by atoms with Crippen molar-refractivity contribution >= 4 is 0 Å². The first-order chi connectivity index (χ1) is 9.33. The second kappa shape index (κ2) is 5.83. The molecule has 0 radical (unpaired) electrons. The van der Waals surface area contributed by atoms with E-state index >= 15 is 0 Å². The van der Waals surface area contributed by atoms with Crippen molar-refractivity contribution in [2.45, 2.75) is 26.2 Å². The van der Waals surface area contributed by atoms with E-state index in [2.05, 4.69) is 30.4 Å². The lowest BCUT2D eigenvalue weighted by molar-refractivity contribution is 0.272. The van der Waals surface area contributed by atoms with Crippen LogP contribution in [0, 0.1) is 11.8 Å². The van der Waals surface area contributed by atoms with Crippen LogP contribution in [0.3, 0.4) is 0 Å². The van der Waals surface area contributed by atoms with Crippen LogP contribution in [0.4, 0.5) is 0 Å². The summed E-state index contributed by atoms with van der Waals surface area (Å²) >= 11 is 0. The predicted octanol–water partition coefficient (Wildman–Crippen LogP) is 2.64. The zero-order valence-corrected chi connectivity index (χ0v) is 11.7. The number of ether oxygens (including phenoxy) is 2. The van der Waals surface area contributed by atoms with Gasteiger partial charge in [0.05, 0.1) is 13.2 Å². The predicted molar refractivity (Wildman–Crippen MR) is 75.9 cm³/mol. The maximum absolute atomic E-state index is 5.76. The average molecular weight is 261 g/mol. The van der Waals surface area contributed by atoms with Gasteiger partial charge in [0.15, 0.2) is 11.5 Å². The van der Waals surface area contributed by atoms with Crippen molar-refractivity contribution in [1.82, 2.24) is 5.32 Å². The third kappa shape index (κ3) is 3.03. The fourth-order valence-corrected chi connectivity index (χ4v) is 2.96. The van der Waals surface area contributed by atoms with E-state index in [4.69, 9.17) is 9.47 Å². The molecule has 2 aliphatic heterocycles. The molecule has 0 bridgehead atoms. The number of hydrogen-bond acceptors (Lipinski definition) is 3. The standard InChI is InChI=1S/C16H23NO2/c1-12-5-6-17-11-14(12)9-13-3-4-15-16(10-13)19-8-2-7-18-15/h3-4,10,12,14,17H,2,5-9,11H2,1H3. The summed E-state index contributed by atoms with van der Waals surface area (Å²) in [6, 6.07) is 6.42. The van der Waals surface area contributed by atoms with E-state index in [1.54, 1.807) is 0 Å². The molecule has 0 spiro atoms. The van der Waals surface area contributed by atoms with Gasteiger partial charge in [-0.3, -0.25) is 0 Å². The molecular weight excluding hydrogens is 238 g/mol. The van der Waals surface area contributed by atoms with Gasteiger partial charge in [-0.2, -0.15) is 0 Å². The Balaban J connectivity index is 1.72. The molecule has 1 N–H and O–H groups in total. The van der Waals surface area contributed by atoms with Crippen LogP contribution in [0.15, 0.2) is 18.2 Å². The van der Waals surface area contributed by atoms with Gasteiger partial charge in [0.25, 0.3) is 0 Å². The van der Waals surface area contributed by atoms with Gasteiger partial charge in [0.1, 0.15) is 0 Å². The third-order valence-electron chi connectivity index (χ3n) is 4.30. The molecule has 0 amide bonds. The Morgan fingerprint density at radius 3 is 2.89 bits per heavy atom. The van der Waals surface area contributed by atoms with Crippen LogP contribution in [0.25, 0.3) is 0 Å². The quantitative estimate of drug-likeness (QED) is 0.887. The summed E-state index contributed by atoms with van der Waals surface area (Å²) < 4.78 is 11.4. The topological polar surface area (TPSA) is 30.5 Å². The highest BCUT2D eigenvalue weighted by atomic mass is 16.5. The van der Waals surface area contributed by atoms with Crippen molar-refractivity contribution in [3.63, 3.8) is 0 Å². The first-order valence-corrected chi connectivity index (χ1v) is 7.42. The molecule has 2 unspecified atom stereocenters. The van der Waals surface area contributed by atoms with Crippen molar-refractivity contribution in [3.8, 4) is 11.5 Å². The van der Waals surface area contributed by atoms with Crippen molar-refractivity contribution in [2.75, 3.05) is 26.3 Å². The molecule has 1 saturated heterocycles. The second-order valence-corrected chi connectivity index (χ2v) is 5.77. The van der Waals surface area contributed by atoms with Gasteiger partial charge in [-0.15, -0.1) is 0 Å². The van der Waals surface area contributed by atoms with Crippen LogP contribution >= 0.6 is 0 Å². The Morgan fingerprint density at radius 2 is 2.05 bits per heavy atom. The highest BCUT2D eigenvalue weighted by Gasteiger charge is 2.22. The summed E-state index contributed by atoms with van der Waals surface area (Å²) in [7, 11) is 0. The molecule has 3 rings (SSSR count). The molecule has 2 aliphatic rings. The van der Waals surface area contributed by atoms with E-state index in [1.807, 2.05) is 0 Å². The van der Waals surface area contributed by atoms with Gasteiger partial charge in [0, 0.05) is 6.42 Å². The Morgan fingerprint density at radius 1 is 1.21 bits per heavy atom. The highest BCUT2D eigenvalue weighted by molar-refractivity contribution is 5.43. The number of hydrogen-bond donors (Lipinski definition) is 1. The molecule has 1 fully saturated rings. The molecular formula is C16H23NO2. The Labute approximate surface area is 115 Å². The molecule has 0 aliphatic carbocycles. The van der Waals surface area contributed by atoms with Crippen molar-refractivity contribution in [1.29, 1.82) is 0 Å². The zero-order chi connectivity index (χ0) is 13.1. The van der Waals surface area contributed by atoms with E-state index in [0.29, 0.717) is 0 Å². The monoisotopic (exact) mass is 261 g/mol. The minimum atomic E-state index is 0.735. The van der Waals surface area contributed by atoms with Gasteiger partial charge < -0.3 is 14.8 Å². The van der Waals surface area contributed by atoms with E-state index in [-0.39, 0.29) is 0 Å². The van der Waals surface area contributed by atoms with E-state index in [9.17, 15) is 0 Å². The fraction of sp³-hybridized carbons (Fsp3) is 0.625. The summed E-state index contributed by atoms with van der Waals surface area (Å²) in [5, 5.41) is 3.50. The number of rotatable bonds is 2. The molecule has 104 valence electrons. The normalized spacial score (nSPS) is 26.8. The number of benzene rings is 1. The van der Waals surface area contributed by atoms with Crippen LogP contribution < -0.4 is 14.8 Å². The van der Waals surface area contributed by atoms with Crippen LogP contribution in [0.2, 0.25) is 0 Å². The number of fused-ring (bicyclic) bond motifs is 1. The van der Waals surface area contributed by atoms with Crippen LogP contribution in [-0.4, -0.2) is 26.3 Å². The SMILES string of the molecule is CC1CCNCC1Cc1ccc2c(c1)OCCCO2.